The number of halogens is 1. The topological polar surface area (TPSA) is 55.8 Å². The summed E-state index contributed by atoms with van der Waals surface area (Å²) in [6.07, 6.45) is 1.92. The molecule has 1 heterocycles. The van der Waals surface area contributed by atoms with Gasteiger partial charge in [-0.25, -0.2) is 4.79 Å². The van der Waals surface area contributed by atoms with E-state index in [0.717, 1.165) is 5.56 Å². The van der Waals surface area contributed by atoms with Crippen molar-refractivity contribution in [2.45, 2.75) is 6.10 Å². The van der Waals surface area contributed by atoms with Crippen LogP contribution in [-0.4, -0.2) is 43.1 Å². The Balaban J connectivity index is 1.74. The van der Waals surface area contributed by atoms with Crippen LogP contribution >= 0.6 is 11.6 Å². The van der Waals surface area contributed by atoms with Crippen molar-refractivity contribution in [1.29, 1.82) is 0 Å². The van der Waals surface area contributed by atoms with Gasteiger partial charge in [-0.05, 0) is 23.8 Å². The van der Waals surface area contributed by atoms with Crippen molar-refractivity contribution in [2.24, 2.45) is 0 Å². The normalized spacial score (nSPS) is 15.5. The van der Waals surface area contributed by atoms with Gasteiger partial charge in [0.1, 0.15) is 0 Å². The van der Waals surface area contributed by atoms with Gasteiger partial charge in [-0.2, -0.15) is 0 Å². The van der Waals surface area contributed by atoms with Gasteiger partial charge in [0.25, 0.3) is 5.91 Å². The summed E-state index contributed by atoms with van der Waals surface area (Å²) < 4.78 is 10.8. The summed E-state index contributed by atoms with van der Waals surface area (Å²) in [5.74, 6) is -0.834. The first-order valence-electron chi connectivity index (χ1n) is 8.69. The van der Waals surface area contributed by atoms with E-state index in [0.29, 0.717) is 36.9 Å². The molecule has 3 rings (SSSR count). The molecule has 1 amide bonds. The van der Waals surface area contributed by atoms with Crippen molar-refractivity contribution in [3.63, 3.8) is 0 Å². The summed E-state index contributed by atoms with van der Waals surface area (Å²) in [4.78, 5) is 26.9. The van der Waals surface area contributed by atoms with Crippen LogP contribution < -0.4 is 0 Å². The molecule has 1 fully saturated rings. The third kappa shape index (κ3) is 5.42. The number of carbonyl (C=O) groups is 2. The number of hydrogen-bond donors (Lipinski definition) is 0. The summed E-state index contributed by atoms with van der Waals surface area (Å²) in [7, 11) is 0. The van der Waals surface area contributed by atoms with Crippen molar-refractivity contribution in [3.8, 4) is 0 Å². The first-order chi connectivity index (χ1) is 13.1. The lowest BCUT2D eigenvalue weighted by atomic mass is 10.1. The maximum atomic E-state index is 12.9. The highest BCUT2D eigenvalue weighted by Gasteiger charge is 2.29. The number of morpholine rings is 1. The van der Waals surface area contributed by atoms with Crippen molar-refractivity contribution in [2.75, 3.05) is 26.3 Å². The Bertz CT molecular complexity index is 816. The standard InChI is InChI=1S/C21H20ClNO4/c22-18-8-4-5-16(15-18)9-10-19(24)27-20(17-6-2-1-3-7-17)21(25)23-11-13-26-14-12-23/h1-10,15,20H,11-14H2/b10-9+/t20-/m0/s1. The molecule has 2 aromatic carbocycles. The minimum atomic E-state index is -0.985. The third-order valence-corrected chi connectivity index (χ3v) is 4.38. The van der Waals surface area contributed by atoms with Gasteiger partial charge in [-0.1, -0.05) is 54.1 Å². The molecule has 0 aromatic heterocycles. The fourth-order valence-corrected chi connectivity index (χ4v) is 2.97. The largest absolute Gasteiger partial charge is 0.444 e. The van der Waals surface area contributed by atoms with Gasteiger partial charge in [-0.3, -0.25) is 4.79 Å². The van der Waals surface area contributed by atoms with Crippen LogP contribution in [0, 0.1) is 0 Å². The van der Waals surface area contributed by atoms with E-state index in [1.807, 2.05) is 24.3 Å². The molecule has 1 atom stereocenters. The van der Waals surface area contributed by atoms with Crippen LogP contribution in [0.2, 0.25) is 5.02 Å². The fraction of sp³-hybridized carbons (Fsp3) is 0.238. The molecule has 6 heteroatoms. The average molecular weight is 386 g/mol. The summed E-state index contributed by atoms with van der Waals surface area (Å²) in [6.45, 7) is 1.93. The van der Waals surface area contributed by atoms with Gasteiger partial charge < -0.3 is 14.4 Å². The van der Waals surface area contributed by atoms with E-state index in [1.54, 1.807) is 41.3 Å². The zero-order chi connectivity index (χ0) is 19.1. The number of hydrogen-bond acceptors (Lipinski definition) is 4. The van der Waals surface area contributed by atoms with E-state index in [1.165, 1.54) is 6.08 Å². The second-order valence-corrected chi connectivity index (χ2v) is 6.49. The second kappa shape index (κ2) is 9.35. The molecule has 0 saturated carbocycles. The number of carbonyl (C=O) groups excluding carboxylic acids is 2. The Morgan fingerprint density at radius 2 is 1.81 bits per heavy atom. The van der Waals surface area contributed by atoms with Crippen molar-refractivity contribution in [3.05, 3.63) is 76.8 Å². The highest BCUT2D eigenvalue weighted by Crippen LogP contribution is 2.21. The van der Waals surface area contributed by atoms with Crippen LogP contribution in [0.3, 0.4) is 0 Å². The Morgan fingerprint density at radius 1 is 1.07 bits per heavy atom. The molecule has 140 valence electrons. The number of esters is 1. The van der Waals surface area contributed by atoms with Crippen molar-refractivity contribution >= 4 is 29.6 Å². The van der Waals surface area contributed by atoms with Gasteiger partial charge in [0, 0.05) is 29.8 Å². The van der Waals surface area contributed by atoms with E-state index >= 15 is 0 Å². The minimum Gasteiger partial charge on any atom is -0.444 e. The molecule has 0 aliphatic carbocycles. The molecule has 0 spiro atoms. The van der Waals surface area contributed by atoms with Crippen LogP contribution in [0.1, 0.15) is 17.2 Å². The SMILES string of the molecule is O=C(/C=C/c1cccc(Cl)c1)O[C@H](C(=O)N1CCOCC1)c1ccccc1. The second-order valence-electron chi connectivity index (χ2n) is 6.05. The van der Waals surface area contributed by atoms with Gasteiger partial charge >= 0.3 is 5.97 Å². The Hall–Kier alpha value is -2.63. The van der Waals surface area contributed by atoms with Gasteiger partial charge in [0.05, 0.1) is 13.2 Å². The summed E-state index contributed by atoms with van der Waals surface area (Å²) in [5, 5.41) is 0.579. The minimum absolute atomic E-state index is 0.242. The van der Waals surface area contributed by atoms with Crippen LogP contribution in [-0.2, 0) is 19.1 Å². The van der Waals surface area contributed by atoms with Crippen LogP contribution in [0.5, 0.6) is 0 Å². The van der Waals surface area contributed by atoms with E-state index < -0.39 is 12.1 Å². The predicted molar refractivity (Wildman–Crippen MR) is 103 cm³/mol. The van der Waals surface area contributed by atoms with E-state index in [9.17, 15) is 9.59 Å². The molecule has 0 bridgehead atoms. The van der Waals surface area contributed by atoms with Gasteiger partial charge in [-0.15, -0.1) is 0 Å². The molecule has 0 unspecified atom stereocenters. The molecular formula is C21H20ClNO4. The Labute approximate surface area is 163 Å². The lowest BCUT2D eigenvalue weighted by molar-refractivity contribution is -0.159. The van der Waals surface area contributed by atoms with E-state index in [2.05, 4.69) is 0 Å². The van der Waals surface area contributed by atoms with Crippen molar-refractivity contribution in [1.82, 2.24) is 4.90 Å². The highest BCUT2D eigenvalue weighted by atomic mass is 35.5. The Morgan fingerprint density at radius 3 is 2.52 bits per heavy atom. The van der Waals surface area contributed by atoms with Crippen LogP contribution in [0.25, 0.3) is 6.08 Å². The number of amides is 1. The lowest BCUT2D eigenvalue weighted by Crippen LogP contribution is -2.44. The molecular weight excluding hydrogens is 366 g/mol. The van der Waals surface area contributed by atoms with Gasteiger partial charge in [0.2, 0.25) is 6.10 Å². The summed E-state index contributed by atoms with van der Waals surface area (Å²) in [6, 6.07) is 16.1. The number of ether oxygens (including phenoxy) is 2. The monoisotopic (exact) mass is 385 g/mol. The molecule has 5 nitrogen and oxygen atoms in total. The van der Waals surface area contributed by atoms with Crippen molar-refractivity contribution < 1.29 is 19.1 Å². The lowest BCUT2D eigenvalue weighted by Gasteiger charge is -2.30. The average Bonchev–Trinajstić information content (AvgIpc) is 2.71. The first-order valence-corrected chi connectivity index (χ1v) is 9.07. The molecule has 2 aromatic rings. The summed E-state index contributed by atoms with van der Waals surface area (Å²) in [5.41, 5.74) is 1.41. The number of benzene rings is 2. The zero-order valence-electron chi connectivity index (χ0n) is 14.7. The summed E-state index contributed by atoms with van der Waals surface area (Å²) >= 11 is 5.94. The van der Waals surface area contributed by atoms with Crippen LogP contribution in [0.15, 0.2) is 60.7 Å². The quantitative estimate of drug-likeness (QED) is 0.584. The number of nitrogens with zero attached hydrogens (tertiary/aromatic N) is 1. The maximum absolute atomic E-state index is 12.9. The fourth-order valence-electron chi connectivity index (χ4n) is 2.77. The molecule has 1 saturated heterocycles. The predicted octanol–water partition coefficient (Wildman–Crippen LogP) is 3.50. The first kappa shape index (κ1) is 19.1. The zero-order valence-corrected chi connectivity index (χ0v) is 15.5. The molecule has 0 radical (unpaired) electrons. The molecule has 0 N–H and O–H groups in total. The molecule has 1 aliphatic heterocycles. The number of rotatable bonds is 5. The maximum Gasteiger partial charge on any atom is 0.331 e. The highest BCUT2D eigenvalue weighted by molar-refractivity contribution is 6.30. The third-order valence-electron chi connectivity index (χ3n) is 4.14. The molecule has 1 aliphatic rings. The van der Waals surface area contributed by atoms with E-state index in [4.69, 9.17) is 21.1 Å². The van der Waals surface area contributed by atoms with Crippen LogP contribution in [0.4, 0.5) is 0 Å². The van der Waals surface area contributed by atoms with E-state index in [-0.39, 0.29) is 5.91 Å². The van der Waals surface area contributed by atoms with Gasteiger partial charge in [0.15, 0.2) is 0 Å². The Kier molecular flexibility index (Phi) is 6.63. The smallest absolute Gasteiger partial charge is 0.331 e. The molecule has 27 heavy (non-hydrogen) atoms.